The number of ether oxygens (including phenoxy) is 1. The zero-order valence-electron chi connectivity index (χ0n) is 17.1. The largest absolute Gasteiger partial charge is 0.430 e. The highest BCUT2D eigenvalue weighted by Gasteiger charge is 2.11. The molecule has 152 valence electrons. The summed E-state index contributed by atoms with van der Waals surface area (Å²) < 4.78 is 10.4. The molecule has 0 fully saturated rings. The number of benzene rings is 2. The van der Waals surface area contributed by atoms with E-state index in [1.165, 1.54) is 11.5 Å². The van der Waals surface area contributed by atoms with Crippen molar-refractivity contribution in [2.45, 2.75) is 34.1 Å². The van der Waals surface area contributed by atoms with Crippen LogP contribution in [0.15, 0.2) is 41.4 Å². The number of rotatable bonds is 8. The Morgan fingerprint density at radius 2 is 1.83 bits per heavy atom. The van der Waals surface area contributed by atoms with Crippen molar-refractivity contribution >= 4 is 35.2 Å². The fourth-order valence-corrected chi connectivity index (χ4v) is 3.47. The van der Waals surface area contributed by atoms with Gasteiger partial charge in [0, 0.05) is 36.1 Å². The van der Waals surface area contributed by atoms with Gasteiger partial charge in [-0.15, -0.1) is 0 Å². The summed E-state index contributed by atoms with van der Waals surface area (Å²) in [6.07, 6.45) is 2.55. The van der Waals surface area contributed by atoms with Gasteiger partial charge in [-0.2, -0.15) is 9.36 Å². The average Bonchev–Trinajstić information content (AvgIpc) is 3.14. The lowest BCUT2D eigenvalue weighted by Crippen LogP contribution is -2.20. The molecular weight excluding hydrogens is 404 g/mol. The van der Waals surface area contributed by atoms with Crippen molar-refractivity contribution in [3.63, 3.8) is 0 Å². The van der Waals surface area contributed by atoms with Crippen LogP contribution in [0.1, 0.15) is 36.4 Å². The minimum Gasteiger partial charge on any atom is -0.430 e. The van der Waals surface area contributed by atoms with Crippen molar-refractivity contribution in [1.29, 1.82) is 0 Å². The summed E-state index contributed by atoms with van der Waals surface area (Å²) in [4.78, 5) is 11.3. The van der Waals surface area contributed by atoms with Gasteiger partial charge in [-0.1, -0.05) is 23.7 Å². The maximum absolute atomic E-state index is 6.01. The number of hydrogen-bond donors (Lipinski definition) is 0. The molecule has 0 unspecified atom stereocenters. The van der Waals surface area contributed by atoms with Gasteiger partial charge in [0.05, 0.1) is 12.0 Å². The maximum Gasteiger partial charge on any atom is 0.298 e. The maximum atomic E-state index is 6.01. The molecule has 0 atom stereocenters. The molecule has 0 aliphatic carbocycles. The first-order valence-corrected chi connectivity index (χ1v) is 10.8. The summed E-state index contributed by atoms with van der Waals surface area (Å²) >= 11 is 7.20. The Kier molecular flexibility index (Phi) is 7.23. The summed E-state index contributed by atoms with van der Waals surface area (Å²) in [5, 5.41) is 1.26. The quantitative estimate of drug-likeness (QED) is 0.317. The van der Waals surface area contributed by atoms with E-state index in [9.17, 15) is 0 Å². The Bertz CT molecular complexity index is 981. The lowest BCUT2D eigenvalue weighted by Gasteiger charge is -2.14. The molecule has 0 bridgehead atoms. The zero-order valence-corrected chi connectivity index (χ0v) is 18.7. The van der Waals surface area contributed by atoms with Gasteiger partial charge in [-0.3, -0.25) is 0 Å². The highest BCUT2D eigenvalue weighted by atomic mass is 35.5. The van der Waals surface area contributed by atoms with Gasteiger partial charge in [0.1, 0.15) is 5.75 Å². The van der Waals surface area contributed by atoms with Crippen LogP contribution in [-0.2, 0) is 6.42 Å². The van der Waals surface area contributed by atoms with Crippen LogP contribution in [0, 0.1) is 13.8 Å². The van der Waals surface area contributed by atoms with Crippen LogP contribution in [-0.4, -0.2) is 33.7 Å². The Morgan fingerprint density at radius 1 is 1.10 bits per heavy atom. The highest BCUT2D eigenvalue weighted by molar-refractivity contribution is 7.07. The van der Waals surface area contributed by atoms with E-state index < -0.39 is 0 Å². The first kappa shape index (κ1) is 21.3. The SMILES string of the molecule is CCN(C=Nc1cc(C)c(Oc2nc(Cc3ccc(Cl)cc3)ns2)cc1C)CC. The lowest BCUT2D eigenvalue weighted by atomic mass is 10.1. The topological polar surface area (TPSA) is 50.6 Å². The van der Waals surface area contributed by atoms with E-state index in [0.717, 1.165) is 52.1 Å². The van der Waals surface area contributed by atoms with Crippen molar-refractivity contribution in [3.05, 3.63) is 63.9 Å². The second kappa shape index (κ2) is 9.85. The number of hydrogen-bond acceptors (Lipinski definition) is 5. The molecule has 3 aromatic rings. The van der Waals surface area contributed by atoms with Crippen LogP contribution in [0.2, 0.25) is 5.02 Å². The van der Waals surface area contributed by atoms with E-state index >= 15 is 0 Å². The second-order valence-corrected chi connectivity index (χ2v) is 7.90. The van der Waals surface area contributed by atoms with E-state index in [1.54, 1.807) is 0 Å². The summed E-state index contributed by atoms with van der Waals surface area (Å²) in [6.45, 7) is 10.2. The molecule has 0 saturated heterocycles. The van der Waals surface area contributed by atoms with E-state index in [4.69, 9.17) is 16.3 Å². The van der Waals surface area contributed by atoms with Gasteiger partial charge in [-0.25, -0.2) is 4.99 Å². The summed E-state index contributed by atoms with van der Waals surface area (Å²) in [6, 6.07) is 11.8. The second-order valence-electron chi connectivity index (χ2n) is 6.75. The lowest BCUT2D eigenvalue weighted by molar-refractivity contribution is 0.473. The van der Waals surface area contributed by atoms with Crippen molar-refractivity contribution in [2.75, 3.05) is 13.1 Å². The zero-order chi connectivity index (χ0) is 20.8. The van der Waals surface area contributed by atoms with Gasteiger partial charge >= 0.3 is 0 Å². The molecule has 0 aliphatic rings. The predicted molar refractivity (Wildman–Crippen MR) is 121 cm³/mol. The smallest absolute Gasteiger partial charge is 0.298 e. The molecule has 5 nitrogen and oxygen atoms in total. The molecule has 1 aromatic heterocycles. The number of halogens is 1. The van der Waals surface area contributed by atoms with E-state index in [1.807, 2.05) is 56.6 Å². The molecule has 0 aliphatic heterocycles. The third kappa shape index (κ3) is 5.78. The van der Waals surface area contributed by atoms with Gasteiger partial charge in [0.25, 0.3) is 5.19 Å². The van der Waals surface area contributed by atoms with Crippen molar-refractivity contribution in [1.82, 2.24) is 14.3 Å². The number of nitrogens with zero attached hydrogens (tertiary/aromatic N) is 4. The Labute approximate surface area is 181 Å². The van der Waals surface area contributed by atoms with Gasteiger partial charge < -0.3 is 9.64 Å². The average molecular weight is 429 g/mol. The summed E-state index contributed by atoms with van der Waals surface area (Å²) in [7, 11) is 0. The van der Waals surface area contributed by atoms with Crippen molar-refractivity contribution in [3.8, 4) is 10.9 Å². The first-order chi connectivity index (χ1) is 14.0. The number of aromatic nitrogens is 2. The van der Waals surface area contributed by atoms with Crippen LogP contribution < -0.4 is 4.74 Å². The number of aliphatic imine (C=N–C) groups is 1. The summed E-state index contributed by atoms with van der Waals surface area (Å²) in [5.41, 5.74) is 4.13. The third-order valence-corrected chi connectivity index (χ3v) is 5.47. The molecule has 0 radical (unpaired) electrons. The van der Waals surface area contributed by atoms with E-state index in [0.29, 0.717) is 11.6 Å². The van der Waals surface area contributed by atoms with E-state index in [-0.39, 0.29) is 0 Å². The first-order valence-electron chi connectivity index (χ1n) is 9.62. The fraction of sp³-hybridized carbons (Fsp3) is 0.318. The minimum atomic E-state index is 0.538. The van der Waals surface area contributed by atoms with Crippen LogP contribution in [0.25, 0.3) is 0 Å². The highest BCUT2D eigenvalue weighted by Crippen LogP contribution is 2.32. The summed E-state index contributed by atoms with van der Waals surface area (Å²) in [5.74, 6) is 1.51. The van der Waals surface area contributed by atoms with Gasteiger partial charge in [0.2, 0.25) is 0 Å². The molecule has 7 heteroatoms. The van der Waals surface area contributed by atoms with Crippen molar-refractivity contribution < 1.29 is 4.74 Å². The fourth-order valence-electron chi connectivity index (χ4n) is 2.78. The Hall–Kier alpha value is -2.44. The normalized spacial score (nSPS) is 11.2. The van der Waals surface area contributed by atoms with Crippen LogP contribution >= 0.6 is 23.1 Å². The van der Waals surface area contributed by atoms with Gasteiger partial charge in [-0.05, 0) is 68.7 Å². The van der Waals surface area contributed by atoms with E-state index in [2.05, 4.69) is 33.1 Å². The molecule has 0 saturated carbocycles. The molecule has 0 N–H and O–H groups in total. The van der Waals surface area contributed by atoms with Crippen LogP contribution in [0.4, 0.5) is 5.69 Å². The monoisotopic (exact) mass is 428 g/mol. The molecule has 0 amide bonds. The Balaban J connectivity index is 1.71. The molecule has 2 aromatic carbocycles. The standard InChI is InChI=1S/C22H25ClN4OS/c1-5-27(6-2)14-24-19-11-16(4)20(12-15(19)3)28-22-25-21(26-29-22)13-17-7-9-18(23)10-8-17/h7-12,14H,5-6,13H2,1-4H3. The number of aryl methyl sites for hydroxylation is 2. The minimum absolute atomic E-state index is 0.538. The molecule has 3 rings (SSSR count). The molecule has 29 heavy (non-hydrogen) atoms. The van der Waals surface area contributed by atoms with Crippen molar-refractivity contribution in [2.24, 2.45) is 4.99 Å². The molecule has 0 spiro atoms. The molecule has 1 heterocycles. The van der Waals surface area contributed by atoms with Crippen LogP contribution in [0.5, 0.6) is 10.9 Å². The van der Waals surface area contributed by atoms with Gasteiger partial charge in [0.15, 0.2) is 5.82 Å². The third-order valence-electron chi connectivity index (χ3n) is 4.59. The predicted octanol–water partition coefficient (Wildman–Crippen LogP) is 6.19. The Morgan fingerprint density at radius 3 is 2.52 bits per heavy atom. The van der Waals surface area contributed by atoms with Crippen LogP contribution in [0.3, 0.4) is 0 Å². The molecular formula is C22H25ClN4OS.